The van der Waals surface area contributed by atoms with E-state index in [0.29, 0.717) is 38.0 Å². The van der Waals surface area contributed by atoms with E-state index in [-0.39, 0.29) is 24.2 Å². The zero-order valence-corrected chi connectivity index (χ0v) is 15.1. The van der Waals surface area contributed by atoms with Gasteiger partial charge in [0.05, 0.1) is 17.1 Å². The lowest BCUT2D eigenvalue weighted by Crippen LogP contribution is -2.45. The fraction of sp³-hybridized carbons (Fsp3) is 0.611. The highest BCUT2D eigenvalue weighted by Crippen LogP contribution is 2.43. The Bertz CT molecular complexity index is 633. The Kier molecular flexibility index (Phi) is 6.58. The van der Waals surface area contributed by atoms with E-state index in [1.807, 2.05) is 0 Å². The summed E-state index contributed by atoms with van der Waals surface area (Å²) < 4.78 is 39.1. The number of halogens is 4. The first-order valence-corrected chi connectivity index (χ1v) is 8.68. The van der Waals surface area contributed by atoms with Crippen LogP contribution in [0.3, 0.4) is 0 Å². The molecular formula is C18H24ClF3N2O2. The number of alkyl halides is 3. The number of hydrogen-bond donors (Lipinski definition) is 3. The number of aliphatic hydroxyl groups excluding tert-OH is 1. The van der Waals surface area contributed by atoms with Gasteiger partial charge in [0.15, 0.2) is 0 Å². The number of rotatable bonds is 4. The van der Waals surface area contributed by atoms with Crippen LogP contribution in [0.1, 0.15) is 36.8 Å². The van der Waals surface area contributed by atoms with Crippen molar-refractivity contribution in [2.24, 2.45) is 5.92 Å². The lowest BCUT2D eigenvalue weighted by Gasteiger charge is -2.30. The van der Waals surface area contributed by atoms with Crippen LogP contribution in [0, 0.1) is 5.92 Å². The Morgan fingerprint density at radius 3 is 2.54 bits per heavy atom. The quantitative estimate of drug-likeness (QED) is 0.738. The fourth-order valence-corrected chi connectivity index (χ4v) is 3.94. The van der Waals surface area contributed by atoms with Gasteiger partial charge >= 0.3 is 6.18 Å². The number of carbonyl (C=O) groups is 1. The number of carbonyl (C=O) groups excluding carboxylic acids is 1. The molecule has 2 unspecified atom stereocenters. The molecule has 2 fully saturated rings. The van der Waals surface area contributed by atoms with Crippen LogP contribution < -0.4 is 10.6 Å². The van der Waals surface area contributed by atoms with Crippen LogP contribution in [0.5, 0.6) is 0 Å². The van der Waals surface area contributed by atoms with Gasteiger partial charge in [0.2, 0.25) is 5.91 Å². The third-order valence-corrected chi connectivity index (χ3v) is 5.46. The normalized spacial score (nSPS) is 24.9. The zero-order chi connectivity index (χ0) is 18.1. The van der Waals surface area contributed by atoms with Crippen molar-refractivity contribution in [1.29, 1.82) is 0 Å². The summed E-state index contributed by atoms with van der Waals surface area (Å²) in [7, 11) is 0. The van der Waals surface area contributed by atoms with E-state index in [0.717, 1.165) is 25.0 Å². The molecule has 1 saturated carbocycles. The lowest BCUT2D eigenvalue weighted by molar-refractivity contribution is -0.138. The minimum atomic E-state index is -4.42. The monoisotopic (exact) mass is 392 g/mol. The Morgan fingerprint density at radius 1 is 1.27 bits per heavy atom. The number of aliphatic hydroxyl groups is 1. The maximum Gasteiger partial charge on any atom is 0.416 e. The molecule has 0 radical (unpaired) electrons. The van der Waals surface area contributed by atoms with E-state index < -0.39 is 23.3 Å². The Hall–Kier alpha value is -1.31. The van der Waals surface area contributed by atoms with Gasteiger partial charge in [0.25, 0.3) is 0 Å². The molecule has 1 saturated heterocycles. The van der Waals surface area contributed by atoms with E-state index in [4.69, 9.17) is 0 Å². The molecule has 0 spiro atoms. The number of β-amino-alcohol motifs (C(OH)–C–C–N with tert-alkyl or cyclic N) is 1. The topological polar surface area (TPSA) is 61.4 Å². The second kappa shape index (κ2) is 8.15. The Balaban J connectivity index is 0.00000243. The fourth-order valence-electron chi connectivity index (χ4n) is 3.94. The first-order valence-electron chi connectivity index (χ1n) is 8.68. The average molecular weight is 393 g/mol. The summed E-state index contributed by atoms with van der Waals surface area (Å²) in [5.41, 5.74) is -1.19. The minimum absolute atomic E-state index is 0. The Morgan fingerprint density at radius 2 is 1.96 bits per heavy atom. The van der Waals surface area contributed by atoms with Crippen LogP contribution in [0.25, 0.3) is 0 Å². The zero-order valence-electron chi connectivity index (χ0n) is 14.3. The van der Waals surface area contributed by atoms with Crippen molar-refractivity contribution in [2.45, 2.75) is 43.4 Å². The largest absolute Gasteiger partial charge is 0.416 e. The van der Waals surface area contributed by atoms with Crippen LogP contribution in [0.4, 0.5) is 13.2 Å². The number of benzene rings is 1. The SMILES string of the molecule is Cl.O=C(NCC1CNCC1O)C1(c2cccc(C(F)(F)F)c2)CCCC1. The summed E-state index contributed by atoms with van der Waals surface area (Å²) in [6.45, 7) is 1.45. The highest BCUT2D eigenvalue weighted by molar-refractivity contribution is 5.88. The van der Waals surface area contributed by atoms with E-state index >= 15 is 0 Å². The predicted octanol–water partition coefficient (Wildman–Crippen LogP) is 2.64. The van der Waals surface area contributed by atoms with E-state index in [1.54, 1.807) is 6.07 Å². The van der Waals surface area contributed by atoms with Gasteiger partial charge in [0, 0.05) is 25.6 Å². The highest BCUT2D eigenvalue weighted by atomic mass is 35.5. The molecule has 1 aliphatic carbocycles. The van der Waals surface area contributed by atoms with Gasteiger partial charge in [-0.15, -0.1) is 12.4 Å². The second-order valence-electron chi connectivity index (χ2n) is 7.06. The van der Waals surface area contributed by atoms with Crippen LogP contribution in [0.2, 0.25) is 0 Å². The third kappa shape index (κ3) is 4.15. The Labute approximate surface area is 157 Å². The summed E-state index contributed by atoms with van der Waals surface area (Å²) >= 11 is 0. The minimum Gasteiger partial charge on any atom is -0.391 e. The predicted molar refractivity (Wildman–Crippen MR) is 94.2 cm³/mol. The molecule has 1 aliphatic heterocycles. The molecule has 3 N–H and O–H groups in total. The van der Waals surface area contributed by atoms with Gasteiger partial charge < -0.3 is 15.7 Å². The molecule has 1 aromatic carbocycles. The second-order valence-corrected chi connectivity index (χ2v) is 7.06. The molecule has 8 heteroatoms. The lowest BCUT2D eigenvalue weighted by atomic mass is 9.77. The van der Waals surface area contributed by atoms with Crippen molar-refractivity contribution in [3.8, 4) is 0 Å². The maximum absolute atomic E-state index is 13.0. The summed E-state index contributed by atoms with van der Waals surface area (Å²) in [5, 5.41) is 15.8. The molecule has 3 rings (SSSR count). The molecule has 1 heterocycles. The van der Waals surface area contributed by atoms with Crippen LogP contribution in [-0.4, -0.2) is 36.8 Å². The number of nitrogens with one attached hydrogen (secondary N) is 2. The van der Waals surface area contributed by atoms with Crippen LogP contribution >= 0.6 is 12.4 Å². The number of hydrogen-bond acceptors (Lipinski definition) is 3. The summed E-state index contributed by atoms with van der Waals surface area (Å²) in [4.78, 5) is 12.9. The number of amides is 1. The van der Waals surface area contributed by atoms with Gasteiger partial charge in [-0.3, -0.25) is 4.79 Å². The average Bonchev–Trinajstić information content (AvgIpc) is 3.22. The molecule has 0 aromatic heterocycles. The molecule has 4 nitrogen and oxygen atoms in total. The molecule has 2 atom stereocenters. The van der Waals surface area contributed by atoms with E-state index in [9.17, 15) is 23.1 Å². The van der Waals surface area contributed by atoms with Crippen molar-refractivity contribution in [3.05, 3.63) is 35.4 Å². The maximum atomic E-state index is 13.0. The van der Waals surface area contributed by atoms with Crippen molar-refractivity contribution in [3.63, 3.8) is 0 Å². The van der Waals surface area contributed by atoms with Gasteiger partial charge in [-0.1, -0.05) is 31.0 Å². The molecule has 1 aromatic rings. The standard InChI is InChI=1S/C18H23F3N2O2.ClH/c19-18(20,21)14-5-3-4-13(8-14)17(6-1-2-7-17)16(25)23-10-12-9-22-11-15(12)24;/h3-5,8,12,15,22,24H,1-2,6-7,9-11H2,(H,23,25);1H. The molecular weight excluding hydrogens is 369 g/mol. The highest BCUT2D eigenvalue weighted by Gasteiger charge is 2.44. The molecule has 2 aliphatic rings. The molecule has 146 valence electrons. The van der Waals surface area contributed by atoms with Crippen molar-refractivity contribution >= 4 is 18.3 Å². The van der Waals surface area contributed by atoms with Crippen molar-refractivity contribution < 1.29 is 23.1 Å². The van der Waals surface area contributed by atoms with Gasteiger partial charge in [0.1, 0.15) is 0 Å². The van der Waals surface area contributed by atoms with Crippen LogP contribution in [-0.2, 0) is 16.4 Å². The summed E-state index contributed by atoms with van der Waals surface area (Å²) in [6, 6.07) is 5.13. The van der Waals surface area contributed by atoms with Crippen molar-refractivity contribution in [2.75, 3.05) is 19.6 Å². The van der Waals surface area contributed by atoms with E-state index in [1.165, 1.54) is 6.07 Å². The first-order chi connectivity index (χ1) is 11.8. The van der Waals surface area contributed by atoms with Crippen molar-refractivity contribution in [1.82, 2.24) is 10.6 Å². The smallest absolute Gasteiger partial charge is 0.391 e. The van der Waals surface area contributed by atoms with Gasteiger partial charge in [-0.05, 0) is 24.5 Å². The first kappa shape index (κ1) is 21.0. The van der Waals surface area contributed by atoms with Gasteiger partial charge in [-0.25, -0.2) is 0 Å². The van der Waals surface area contributed by atoms with E-state index in [2.05, 4.69) is 10.6 Å². The molecule has 0 bridgehead atoms. The third-order valence-electron chi connectivity index (χ3n) is 5.46. The summed E-state index contributed by atoms with van der Waals surface area (Å²) in [5.74, 6) is -0.299. The summed E-state index contributed by atoms with van der Waals surface area (Å²) in [6.07, 6.45) is -2.20. The van der Waals surface area contributed by atoms with Gasteiger partial charge in [-0.2, -0.15) is 13.2 Å². The molecule has 1 amide bonds. The van der Waals surface area contributed by atoms with Crippen LogP contribution in [0.15, 0.2) is 24.3 Å². The molecule has 26 heavy (non-hydrogen) atoms.